The Morgan fingerprint density at radius 2 is 1.12 bits per heavy atom. The minimum atomic E-state index is -0.487. The van der Waals surface area contributed by atoms with Gasteiger partial charge in [-0.2, -0.15) is 19.8 Å². The van der Waals surface area contributed by atoms with Crippen molar-refractivity contribution in [3.63, 3.8) is 0 Å². The van der Waals surface area contributed by atoms with E-state index in [2.05, 4.69) is 0 Å². The molecule has 2 aliphatic rings. The summed E-state index contributed by atoms with van der Waals surface area (Å²) >= 11 is 0. The molecule has 8 heteroatoms. The average molecular weight is 375 g/mol. The van der Waals surface area contributed by atoms with Gasteiger partial charge in [0.25, 0.3) is 0 Å². The lowest BCUT2D eigenvalue weighted by molar-refractivity contribution is -0.983. The first-order chi connectivity index (χ1) is 11.6. The van der Waals surface area contributed by atoms with Crippen LogP contribution in [-0.4, -0.2) is 61.0 Å². The molecule has 152 valence electrons. The summed E-state index contributed by atoms with van der Waals surface area (Å²) in [7, 11) is 0. The summed E-state index contributed by atoms with van der Waals surface area (Å²) in [6.07, 6.45) is 1.43. The first-order valence-electron chi connectivity index (χ1n) is 9.34. The van der Waals surface area contributed by atoms with Crippen molar-refractivity contribution in [2.24, 2.45) is 11.8 Å². The van der Waals surface area contributed by atoms with E-state index in [4.69, 9.17) is 9.68 Å². The monoisotopic (exact) mass is 374 g/mol. The van der Waals surface area contributed by atoms with Crippen molar-refractivity contribution in [2.45, 2.75) is 90.4 Å². The van der Waals surface area contributed by atoms with Crippen molar-refractivity contribution in [2.75, 3.05) is 13.2 Å². The maximum atomic E-state index is 12.0. The molecule has 2 atom stereocenters. The minimum absolute atomic E-state index is 0.00246. The van der Waals surface area contributed by atoms with E-state index >= 15 is 0 Å². The van der Waals surface area contributed by atoms with Crippen molar-refractivity contribution in [1.29, 1.82) is 0 Å². The third-order valence-corrected chi connectivity index (χ3v) is 6.49. The van der Waals surface area contributed by atoms with E-state index in [9.17, 15) is 15.3 Å². The zero-order valence-corrected chi connectivity index (χ0v) is 17.4. The SMILES string of the molecule is CC1(C)CC(CO[N+](=O)OCC2CC(C)(C)N(O)C2(C)C)C(C)(C)N1O. The van der Waals surface area contributed by atoms with Gasteiger partial charge in [-0.3, -0.25) is 0 Å². The average Bonchev–Trinajstić information content (AvgIpc) is 2.77. The Bertz CT molecular complexity index is 501. The highest BCUT2D eigenvalue weighted by Gasteiger charge is 2.54. The molecular weight excluding hydrogens is 338 g/mol. The van der Waals surface area contributed by atoms with Gasteiger partial charge in [0.1, 0.15) is 4.91 Å². The van der Waals surface area contributed by atoms with Crippen molar-refractivity contribution >= 4 is 0 Å². The molecule has 0 aromatic rings. The largest absolute Gasteiger partial charge is 0.477 e. The Morgan fingerprint density at radius 1 is 0.808 bits per heavy atom. The zero-order valence-electron chi connectivity index (χ0n) is 17.4. The lowest BCUT2D eigenvalue weighted by atomic mass is 9.88. The van der Waals surface area contributed by atoms with Crippen LogP contribution < -0.4 is 0 Å². The Morgan fingerprint density at radius 3 is 1.35 bits per heavy atom. The molecular formula is C18H36N3O5+. The van der Waals surface area contributed by atoms with Crippen molar-refractivity contribution < 1.29 is 25.2 Å². The first kappa shape index (κ1) is 21.3. The van der Waals surface area contributed by atoms with Crippen LogP contribution in [0.3, 0.4) is 0 Å². The van der Waals surface area contributed by atoms with Crippen LogP contribution in [0.4, 0.5) is 0 Å². The molecule has 0 aromatic carbocycles. The normalized spacial score (nSPS) is 32.5. The van der Waals surface area contributed by atoms with Gasteiger partial charge in [-0.25, -0.2) is 0 Å². The topological polar surface area (TPSA) is 85.5 Å². The van der Waals surface area contributed by atoms with Crippen LogP contribution in [0.5, 0.6) is 0 Å². The molecule has 0 aromatic heterocycles. The molecule has 0 radical (unpaired) electrons. The summed E-state index contributed by atoms with van der Waals surface area (Å²) in [5.41, 5.74) is -1.70. The predicted octanol–water partition coefficient (Wildman–Crippen LogP) is 3.17. The molecule has 2 saturated heterocycles. The maximum absolute atomic E-state index is 12.0. The molecule has 0 spiro atoms. The summed E-state index contributed by atoms with van der Waals surface area (Å²) in [6.45, 7) is 15.9. The van der Waals surface area contributed by atoms with Gasteiger partial charge in [-0.1, -0.05) is 0 Å². The van der Waals surface area contributed by atoms with Gasteiger partial charge in [-0.15, -0.1) is 0 Å². The van der Waals surface area contributed by atoms with Crippen molar-refractivity contribution in [1.82, 2.24) is 10.1 Å². The van der Waals surface area contributed by atoms with Gasteiger partial charge < -0.3 is 10.4 Å². The molecule has 2 heterocycles. The lowest BCUT2D eigenvalue weighted by Gasteiger charge is -2.35. The van der Waals surface area contributed by atoms with E-state index in [0.717, 1.165) is 0 Å². The highest BCUT2D eigenvalue weighted by atomic mass is 17.0. The number of hydrogen-bond donors (Lipinski definition) is 2. The van der Waals surface area contributed by atoms with Gasteiger partial charge in [0, 0.05) is 34.0 Å². The fraction of sp³-hybridized carbons (Fsp3) is 1.00. The second-order valence-electron chi connectivity index (χ2n) is 10.2. The van der Waals surface area contributed by atoms with Crippen LogP contribution in [0, 0.1) is 16.7 Å². The van der Waals surface area contributed by atoms with Crippen LogP contribution in [0.15, 0.2) is 0 Å². The molecule has 0 saturated carbocycles. The molecule has 2 unspecified atom stereocenters. The van der Waals surface area contributed by atoms with E-state index in [-0.39, 0.29) is 41.2 Å². The first-order valence-corrected chi connectivity index (χ1v) is 9.34. The minimum Gasteiger partial charge on any atom is -0.313 e. The molecule has 26 heavy (non-hydrogen) atoms. The molecule has 8 nitrogen and oxygen atoms in total. The molecule has 2 aliphatic heterocycles. The number of rotatable bonds is 6. The Kier molecular flexibility index (Phi) is 5.40. The summed E-state index contributed by atoms with van der Waals surface area (Å²) < 4.78 is 0. The quantitative estimate of drug-likeness (QED) is 0.691. The summed E-state index contributed by atoms with van der Waals surface area (Å²) in [6, 6.07) is 0. The standard InChI is InChI=1S/C18H36N3O5/c1-15(2)9-13(17(5,6)19(15)22)11-25-21(24)26-12-14-10-16(3,4)20(23)18(14,7)8/h13-14,22-23H,9-12H2,1-8H3/q+1. The molecule has 0 amide bonds. The van der Waals surface area contributed by atoms with E-state index in [1.807, 2.05) is 55.4 Å². The molecule has 2 fully saturated rings. The Hall–Kier alpha value is -0.960. The second kappa shape index (κ2) is 6.58. The third-order valence-electron chi connectivity index (χ3n) is 6.49. The molecule has 0 bridgehead atoms. The zero-order chi connectivity index (χ0) is 20.1. The van der Waals surface area contributed by atoms with Crippen molar-refractivity contribution in [3.8, 4) is 0 Å². The number of hydroxylamine groups is 4. The molecule has 0 aliphatic carbocycles. The fourth-order valence-corrected chi connectivity index (χ4v) is 4.65. The highest BCUT2D eigenvalue weighted by molar-refractivity contribution is 5.02. The molecule has 2 N–H and O–H groups in total. The van der Waals surface area contributed by atoms with Gasteiger partial charge in [0.2, 0.25) is 0 Å². The van der Waals surface area contributed by atoms with Crippen LogP contribution in [-0.2, 0) is 9.68 Å². The van der Waals surface area contributed by atoms with Crippen molar-refractivity contribution in [3.05, 3.63) is 4.91 Å². The van der Waals surface area contributed by atoms with E-state index in [1.54, 1.807) is 0 Å². The van der Waals surface area contributed by atoms with Gasteiger partial charge in [-0.05, 0) is 68.2 Å². The Labute approximate surface area is 156 Å². The van der Waals surface area contributed by atoms with Crippen LogP contribution in [0.25, 0.3) is 0 Å². The predicted molar refractivity (Wildman–Crippen MR) is 95.3 cm³/mol. The second-order valence-corrected chi connectivity index (χ2v) is 10.2. The third kappa shape index (κ3) is 3.69. The summed E-state index contributed by atoms with van der Waals surface area (Å²) in [5, 5.41) is 23.5. The van der Waals surface area contributed by atoms with Gasteiger partial charge >= 0.3 is 5.09 Å². The van der Waals surface area contributed by atoms with Crippen LogP contribution in [0.2, 0.25) is 0 Å². The van der Waals surface area contributed by atoms with Gasteiger partial charge in [0.05, 0.1) is 0 Å². The fourth-order valence-electron chi connectivity index (χ4n) is 4.65. The number of hydrogen-bond acceptors (Lipinski definition) is 7. The van der Waals surface area contributed by atoms with Crippen LogP contribution in [0.1, 0.15) is 68.2 Å². The lowest BCUT2D eigenvalue weighted by Crippen LogP contribution is -2.48. The number of nitrogens with zero attached hydrogens (tertiary/aromatic N) is 3. The summed E-state index contributed by atoms with van der Waals surface area (Å²) in [4.78, 5) is 22.5. The van der Waals surface area contributed by atoms with E-state index < -0.39 is 11.1 Å². The van der Waals surface area contributed by atoms with E-state index in [0.29, 0.717) is 12.8 Å². The van der Waals surface area contributed by atoms with E-state index in [1.165, 1.54) is 10.1 Å². The summed E-state index contributed by atoms with van der Waals surface area (Å²) in [5.74, 6) is -0.00493. The highest BCUT2D eigenvalue weighted by Crippen LogP contribution is 2.44. The maximum Gasteiger partial charge on any atom is 0.477 e. The van der Waals surface area contributed by atoms with Gasteiger partial charge in [0.15, 0.2) is 13.2 Å². The smallest absolute Gasteiger partial charge is 0.313 e. The molecule has 2 rings (SSSR count). The van der Waals surface area contributed by atoms with Crippen LogP contribution >= 0.6 is 0 Å². The Balaban J connectivity index is 1.85.